The van der Waals surface area contributed by atoms with Crippen molar-refractivity contribution in [2.45, 2.75) is 33.2 Å². The highest BCUT2D eigenvalue weighted by Crippen LogP contribution is 2.31. The molecule has 4 heteroatoms. The summed E-state index contributed by atoms with van der Waals surface area (Å²) in [5.74, 6) is 2.01. The Morgan fingerprint density at radius 2 is 1.95 bits per heavy atom. The Balaban J connectivity index is 1.93. The summed E-state index contributed by atoms with van der Waals surface area (Å²) in [5, 5.41) is 4.57. The molecule has 0 bridgehead atoms. The van der Waals surface area contributed by atoms with E-state index in [0.29, 0.717) is 0 Å². The molecule has 0 amide bonds. The molecule has 3 nitrogen and oxygen atoms in total. The second-order valence-corrected chi connectivity index (χ2v) is 6.49. The molecule has 1 aromatic carbocycles. The average molecular weight is 300 g/mol. The van der Waals surface area contributed by atoms with Crippen LogP contribution in [0.3, 0.4) is 0 Å². The first kappa shape index (κ1) is 14.3. The fourth-order valence-corrected chi connectivity index (χ4v) is 3.86. The number of hydrogen-bond acceptors (Lipinski definition) is 4. The van der Waals surface area contributed by atoms with E-state index in [1.54, 1.807) is 11.3 Å². The molecule has 1 N–H and O–H groups in total. The lowest BCUT2D eigenvalue weighted by atomic mass is 10.00. The van der Waals surface area contributed by atoms with Crippen LogP contribution >= 0.6 is 11.3 Å². The zero-order valence-corrected chi connectivity index (χ0v) is 13.7. The van der Waals surface area contributed by atoms with E-state index >= 15 is 0 Å². The summed E-state index contributed by atoms with van der Waals surface area (Å²) in [6.07, 6.45) is 0.885. The molecule has 0 fully saturated rings. The fourth-order valence-electron chi connectivity index (χ4n) is 2.85. The molecular formula is C17H20N2OS. The maximum atomic E-state index is 5.77. The van der Waals surface area contributed by atoms with Gasteiger partial charge in [0.05, 0.1) is 15.2 Å². The molecule has 2 aromatic heterocycles. The van der Waals surface area contributed by atoms with E-state index in [1.165, 1.54) is 15.8 Å². The van der Waals surface area contributed by atoms with Gasteiger partial charge in [-0.15, -0.1) is 11.3 Å². The zero-order valence-electron chi connectivity index (χ0n) is 12.9. The lowest BCUT2D eigenvalue weighted by molar-refractivity contribution is 0.489. The monoisotopic (exact) mass is 300 g/mol. The first-order valence-electron chi connectivity index (χ1n) is 7.18. The van der Waals surface area contributed by atoms with Gasteiger partial charge in [0.15, 0.2) is 0 Å². The van der Waals surface area contributed by atoms with Crippen molar-refractivity contribution in [1.29, 1.82) is 0 Å². The van der Waals surface area contributed by atoms with E-state index in [4.69, 9.17) is 9.40 Å². The lowest BCUT2D eigenvalue weighted by Crippen LogP contribution is -2.20. The van der Waals surface area contributed by atoms with Crippen LogP contribution in [-0.2, 0) is 6.42 Å². The van der Waals surface area contributed by atoms with Crippen LogP contribution in [0, 0.1) is 20.8 Å². The van der Waals surface area contributed by atoms with E-state index in [0.717, 1.165) is 28.5 Å². The van der Waals surface area contributed by atoms with Gasteiger partial charge in [0.1, 0.15) is 11.5 Å². The number of hydrogen-bond donors (Lipinski definition) is 1. The van der Waals surface area contributed by atoms with E-state index in [1.807, 2.05) is 27.0 Å². The number of likely N-dealkylation sites (N-methyl/N-ethyl adjacent to an activating group) is 1. The van der Waals surface area contributed by atoms with Crippen LogP contribution in [0.2, 0.25) is 0 Å². The summed E-state index contributed by atoms with van der Waals surface area (Å²) in [6, 6.07) is 8.54. The van der Waals surface area contributed by atoms with E-state index in [-0.39, 0.29) is 6.04 Å². The van der Waals surface area contributed by atoms with Gasteiger partial charge in [0.25, 0.3) is 0 Å². The Morgan fingerprint density at radius 1 is 1.19 bits per heavy atom. The van der Waals surface area contributed by atoms with Crippen molar-refractivity contribution in [2.75, 3.05) is 7.05 Å². The summed E-state index contributed by atoms with van der Waals surface area (Å²) in [6.45, 7) is 6.19. The van der Waals surface area contributed by atoms with Crippen LogP contribution in [0.4, 0.5) is 0 Å². The van der Waals surface area contributed by atoms with Crippen molar-refractivity contribution < 1.29 is 4.42 Å². The number of benzene rings is 1. The third-order valence-electron chi connectivity index (χ3n) is 4.03. The first-order chi connectivity index (χ1) is 10.1. The molecule has 21 heavy (non-hydrogen) atoms. The highest BCUT2D eigenvalue weighted by Gasteiger charge is 2.21. The molecule has 1 unspecified atom stereocenters. The number of nitrogens with one attached hydrogen (secondary N) is 1. The van der Waals surface area contributed by atoms with Crippen molar-refractivity contribution in [1.82, 2.24) is 10.3 Å². The third-order valence-corrected chi connectivity index (χ3v) is 5.09. The van der Waals surface area contributed by atoms with Gasteiger partial charge in [-0.2, -0.15) is 0 Å². The van der Waals surface area contributed by atoms with Gasteiger partial charge in [0, 0.05) is 18.0 Å². The second-order valence-electron chi connectivity index (χ2n) is 5.37. The number of para-hydroxylation sites is 1. The van der Waals surface area contributed by atoms with Crippen LogP contribution in [-0.4, -0.2) is 12.0 Å². The number of aromatic nitrogens is 1. The summed E-state index contributed by atoms with van der Waals surface area (Å²) < 4.78 is 7.02. The minimum absolute atomic E-state index is 0.239. The first-order valence-corrected chi connectivity index (χ1v) is 8.00. The van der Waals surface area contributed by atoms with E-state index < -0.39 is 0 Å². The van der Waals surface area contributed by atoms with Crippen molar-refractivity contribution in [3.63, 3.8) is 0 Å². The summed E-state index contributed by atoms with van der Waals surface area (Å²) in [4.78, 5) is 4.74. The lowest BCUT2D eigenvalue weighted by Gasteiger charge is -2.15. The van der Waals surface area contributed by atoms with Crippen LogP contribution in [0.5, 0.6) is 0 Å². The summed E-state index contributed by atoms with van der Waals surface area (Å²) in [5.41, 5.74) is 3.60. The van der Waals surface area contributed by atoms with Gasteiger partial charge in [-0.05, 0) is 45.5 Å². The average Bonchev–Trinajstić information content (AvgIpc) is 2.98. The van der Waals surface area contributed by atoms with Crippen LogP contribution in [0.15, 0.2) is 28.7 Å². The predicted octanol–water partition coefficient (Wildman–Crippen LogP) is 4.32. The van der Waals surface area contributed by atoms with Crippen LogP contribution in [0.25, 0.3) is 10.2 Å². The molecule has 0 aliphatic heterocycles. The van der Waals surface area contributed by atoms with Crippen LogP contribution < -0.4 is 5.32 Å². The number of thiazole rings is 1. The van der Waals surface area contributed by atoms with Gasteiger partial charge < -0.3 is 9.73 Å². The number of rotatable bonds is 4. The van der Waals surface area contributed by atoms with Crippen molar-refractivity contribution >= 4 is 21.6 Å². The molecule has 0 saturated heterocycles. The maximum absolute atomic E-state index is 5.77. The standard InChI is InChI=1S/C17H20N2OS/c1-10-11(2)20-12(3)17(10)14(18-4)9-16-19-13-7-5-6-8-15(13)21-16/h5-8,14,18H,9H2,1-4H3. The zero-order chi connectivity index (χ0) is 15.0. The summed E-state index contributed by atoms with van der Waals surface area (Å²) in [7, 11) is 2.00. The molecule has 3 rings (SSSR count). The minimum Gasteiger partial charge on any atom is -0.466 e. The normalized spacial score (nSPS) is 13.0. The van der Waals surface area contributed by atoms with Gasteiger partial charge in [-0.1, -0.05) is 12.1 Å². The fraction of sp³-hybridized carbons (Fsp3) is 0.353. The Hall–Kier alpha value is -1.65. The van der Waals surface area contributed by atoms with Crippen molar-refractivity contribution in [2.24, 2.45) is 0 Å². The smallest absolute Gasteiger partial charge is 0.106 e. The molecule has 1 atom stereocenters. The molecule has 3 aromatic rings. The minimum atomic E-state index is 0.239. The van der Waals surface area contributed by atoms with E-state index in [9.17, 15) is 0 Å². The molecule has 0 radical (unpaired) electrons. The molecule has 0 aliphatic rings. The second kappa shape index (κ2) is 5.62. The summed E-state index contributed by atoms with van der Waals surface area (Å²) >= 11 is 1.77. The largest absolute Gasteiger partial charge is 0.466 e. The number of aryl methyl sites for hydroxylation is 2. The van der Waals surface area contributed by atoms with Gasteiger partial charge in [-0.3, -0.25) is 0 Å². The molecule has 110 valence electrons. The third kappa shape index (κ3) is 2.61. The highest BCUT2D eigenvalue weighted by molar-refractivity contribution is 7.18. The number of fused-ring (bicyclic) bond motifs is 1. The topological polar surface area (TPSA) is 38.1 Å². The van der Waals surface area contributed by atoms with Gasteiger partial charge in [-0.25, -0.2) is 4.98 Å². The Bertz CT molecular complexity index is 739. The van der Waals surface area contributed by atoms with E-state index in [2.05, 4.69) is 30.4 Å². The van der Waals surface area contributed by atoms with Crippen LogP contribution in [0.1, 0.15) is 33.7 Å². The van der Waals surface area contributed by atoms with Crippen molar-refractivity contribution in [3.8, 4) is 0 Å². The molecule has 0 spiro atoms. The highest BCUT2D eigenvalue weighted by atomic mass is 32.1. The quantitative estimate of drug-likeness (QED) is 0.780. The number of furan rings is 1. The maximum Gasteiger partial charge on any atom is 0.106 e. The Kier molecular flexibility index (Phi) is 3.83. The molecular weight excluding hydrogens is 280 g/mol. The SMILES string of the molecule is CNC(Cc1nc2ccccc2s1)c1c(C)oc(C)c1C. The molecule has 2 heterocycles. The molecule has 0 saturated carbocycles. The van der Waals surface area contributed by atoms with Crippen molar-refractivity contribution in [3.05, 3.63) is 51.9 Å². The Morgan fingerprint density at radius 3 is 2.57 bits per heavy atom. The van der Waals surface area contributed by atoms with Gasteiger partial charge >= 0.3 is 0 Å². The predicted molar refractivity (Wildman–Crippen MR) is 88.0 cm³/mol. The molecule has 0 aliphatic carbocycles. The Labute approximate surface area is 129 Å². The van der Waals surface area contributed by atoms with Gasteiger partial charge in [0.2, 0.25) is 0 Å². The number of nitrogens with zero attached hydrogens (tertiary/aromatic N) is 1.